The zero-order valence-electron chi connectivity index (χ0n) is 11.6. The van der Waals surface area contributed by atoms with Gasteiger partial charge in [-0.3, -0.25) is 0 Å². The number of nitrogens with one attached hydrogen (secondary N) is 1. The van der Waals surface area contributed by atoms with Gasteiger partial charge in [-0.15, -0.1) is 11.3 Å². The zero-order chi connectivity index (χ0) is 14.2. The third-order valence-electron chi connectivity index (χ3n) is 3.04. The maximum Gasteiger partial charge on any atom is 0.119 e. The highest BCUT2D eigenvalue weighted by Gasteiger charge is 2.10. The largest absolute Gasteiger partial charge is 0.494 e. The van der Waals surface area contributed by atoms with Crippen molar-refractivity contribution in [3.63, 3.8) is 0 Å². The van der Waals surface area contributed by atoms with E-state index in [2.05, 4.69) is 39.6 Å². The molecule has 1 atom stereocenters. The van der Waals surface area contributed by atoms with Crippen LogP contribution in [-0.2, 0) is 6.42 Å². The van der Waals surface area contributed by atoms with Crippen LogP contribution in [0.15, 0.2) is 46.3 Å². The van der Waals surface area contributed by atoms with Crippen molar-refractivity contribution in [3.05, 3.63) is 51.1 Å². The van der Waals surface area contributed by atoms with Gasteiger partial charge < -0.3 is 10.1 Å². The van der Waals surface area contributed by atoms with Gasteiger partial charge in [0.2, 0.25) is 0 Å². The van der Waals surface area contributed by atoms with Crippen LogP contribution in [0.25, 0.3) is 0 Å². The summed E-state index contributed by atoms with van der Waals surface area (Å²) in [6.45, 7) is 3.88. The molecule has 0 aliphatic carbocycles. The Balaban J connectivity index is 1.80. The van der Waals surface area contributed by atoms with Gasteiger partial charge in [-0.1, -0.05) is 25.1 Å². The number of thiophene rings is 1. The van der Waals surface area contributed by atoms with Gasteiger partial charge in [-0.25, -0.2) is 0 Å². The molecule has 2 nitrogen and oxygen atoms in total. The van der Waals surface area contributed by atoms with E-state index >= 15 is 0 Å². The van der Waals surface area contributed by atoms with Crippen molar-refractivity contribution >= 4 is 27.3 Å². The van der Waals surface area contributed by atoms with Gasteiger partial charge in [0.15, 0.2) is 0 Å². The highest BCUT2D eigenvalue weighted by molar-refractivity contribution is 9.10. The van der Waals surface area contributed by atoms with E-state index in [1.165, 1.54) is 9.35 Å². The van der Waals surface area contributed by atoms with Crippen LogP contribution >= 0.6 is 27.3 Å². The fourth-order valence-electron chi connectivity index (χ4n) is 2.10. The summed E-state index contributed by atoms with van der Waals surface area (Å²) >= 11 is 5.32. The minimum Gasteiger partial charge on any atom is -0.494 e. The Labute approximate surface area is 133 Å². The predicted molar refractivity (Wildman–Crippen MR) is 89.7 cm³/mol. The molecule has 1 N–H and O–H groups in total. The second-order valence-electron chi connectivity index (χ2n) is 4.64. The Hall–Kier alpha value is -0.840. The lowest BCUT2D eigenvalue weighted by Gasteiger charge is -2.17. The summed E-state index contributed by atoms with van der Waals surface area (Å²) in [6.07, 6.45) is 2.07. The maximum absolute atomic E-state index is 5.78. The van der Waals surface area contributed by atoms with E-state index in [1.807, 2.05) is 30.3 Å². The fraction of sp³-hybridized carbons (Fsp3) is 0.375. The normalized spacial score (nSPS) is 12.3. The molecule has 0 aliphatic heterocycles. The second kappa shape index (κ2) is 8.45. The molecule has 0 saturated heterocycles. The molecule has 1 aromatic heterocycles. The first-order valence-electron chi connectivity index (χ1n) is 6.92. The molecular formula is C16H20BrNOS. The highest BCUT2D eigenvalue weighted by Crippen LogP contribution is 2.21. The molecule has 0 bridgehead atoms. The van der Waals surface area contributed by atoms with Gasteiger partial charge in [0.25, 0.3) is 0 Å². The van der Waals surface area contributed by atoms with Crippen molar-refractivity contribution in [3.8, 4) is 5.75 Å². The van der Waals surface area contributed by atoms with Crippen molar-refractivity contribution in [1.82, 2.24) is 5.32 Å². The van der Waals surface area contributed by atoms with E-state index in [9.17, 15) is 0 Å². The Kier molecular flexibility index (Phi) is 6.57. The van der Waals surface area contributed by atoms with Gasteiger partial charge in [0.1, 0.15) is 5.75 Å². The van der Waals surface area contributed by atoms with Crippen LogP contribution in [0.5, 0.6) is 5.75 Å². The lowest BCUT2D eigenvalue weighted by Crippen LogP contribution is -2.32. The first kappa shape index (κ1) is 15.5. The van der Waals surface area contributed by atoms with Crippen molar-refractivity contribution in [2.24, 2.45) is 0 Å². The monoisotopic (exact) mass is 353 g/mol. The molecule has 0 aliphatic rings. The van der Waals surface area contributed by atoms with E-state index < -0.39 is 0 Å². The first-order chi connectivity index (χ1) is 9.78. The van der Waals surface area contributed by atoms with Crippen LogP contribution in [0, 0.1) is 0 Å². The minimum atomic E-state index is 0.467. The summed E-state index contributed by atoms with van der Waals surface area (Å²) in [5.41, 5.74) is 0. The van der Waals surface area contributed by atoms with E-state index in [4.69, 9.17) is 4.74 Å². The Morgan fingerprint density at radius 2 is 2.10 bits per heavy atom. The van der Waals surface area contributed by atoms with Gasteiger partial charge >= 0.3 is 0 Å². The summed E-state index contributed by atoms with van der Waals surface area (Å²) in [7, 11) is 0. The number of rotatable bonds is 8. The summed E-state index contributed by atoms with van der Waals surface area (Å²) < 4.78 is 6.95. The van der Waals surface area contributed by atoms with Crippen LogP contribution in [0.2, 0.25) is 0 Å². The van der Waals surface area contributed by atoms with Crippen LogP contribution in [0.1, 0.15) is 18.2 Å². The summed E-state index contributed by atoms with van der Waals surface area (Å²) in [4.78, 5) is 1.41. The van der Waals surface area contributed by atoms with E-state index in [1.54, 1.807) is 11.3 Å². The SMILES string of the molecule is CCNC(CCOc1ccccc1)Cc1cc(Br)cs1. The quantitative estimate of drug-likeness (QED) is 0.754. The number of benzene rings is 1. The molecular weight excluding hydrogens is 334 g/mol. The Bertz CT molecular complexity index is 500. The molecule has 1 aromatic carbocycles. The Morgan fingerprint density at radius 1 is 1.30 bits per heavy atom. The molecule has 0 saturated carbocycles. The standard InChI is InChI=1S/C16H20BrNOS/c1-2-18-14(11-16-10-13(17)12-20-16)8-9-19-15-6-4-3-5-7-15/h3-7,10,12,14,18H,2,8-9,11H2,1H3. The van der Waals surface area contributed by atoms with Crippen molar-refractivity contribution in [2.45, 2.75) is 25.8 Å². The summed E-state index contributed by atoms with van der Waals surface area (Å²) in [5, 5.41) is 5.68. The van der Waals surface area contributed by atoms with E-state index in [0.717, 1.165) is 31.7 Å². The number of likely N-dealkylation sites (N-methyl/N-ethyl adjacent to an activating group) is 1. The molecule has 108 valence electrons. The number of ether oxygens (including phenoxy) is 1. The number of hydrogen-bond donors (Lipinski definition) is 1. The summed E-state index contributed by atoms with van der Waals surface area (Å²) in [6, 6.07) is 12.7. The van der Waals surface area contributed by atoms with Gasteiger partial charge in [-0.05, 0) is 53.5 Å². The molecule has 0 spiro atoms. The Morgan fingerprint density at radius 3 is 2.75 bits per heavy atom. The average molecular weight is 354 g/mol. The lowest BCUT2D eigenvalue weighted by molar-refractivity contribution is 0.286. The van der Waals surface area contributed by atoms with Gasteiger partial charge in [0, 0.05) is 20.8 Å². The molecule has 2 aromatic rings. The number of hydrogen-bond acceptors (Lipinski definition) is 3. The van der Waals surface area contributed by atoms with Crippen molar-refractivity contribution in [1.29, 1.82) is 0 Å². The molecule has 0 amide bonds. The molecule has 0 radical (unpaired) electrons. The molecule has 4 heteroatoms. The van der Waals surface area contributed by atoms with Crippen molar-refractivity contribution in [2.75, 3.05) is 13.2 Å². The zero-order valence-corrected chi connectivity index (χ0v) is 14.0. The average Bonchev–Trinajstić information content (AvgIpc) is 2.85. The van der Waals surface area contributed by atoms with Gasteiger partial charge in [0.05, 0.1) is 6.61 Å². The van der Waals surface area contributed by atoms with E-state index in [0.29, 0.717) is 6.04 Å². The molecule has 1 heterocycles. The first-order valence-corrected chi connectivity index (χ1v) is 8.59. The van der Waals surface area contributed by atoms with Crippen molar-refractivity contribution < 1.29 is 4.74 Å². The number of halogens is 1. The van der Waals surface area contributed by atoms with Crippen LogP contribution in [0.4, 0.5) is 0 Å². The minimum absolute atomic E-state index is 0.467. The third kappa shape index (κ3) is 5.27. The van der Waals surface area contributed by atoms with Gasteiger partial charge in [-0.2, -0.15) is 0 Å². The molecule has 0 fully saturated rings. The van der Waals surface area contributed by atoms with Crippen LogP contribution in [0.3, 0.4) is 0 Å². The maximum atomic E-state index is 5.78. The predicted octanol–water partition coefficient (Wildman–Crippen LogP) is 4.50. The molecule has 20 heavy (non-hydrogen) atoms. The lowest BCUT2D eigenvalue weighted by atomic mass is 10.1. The smallest absolute Gasteiger partial charge is 0.119 e. The number of para-hydroxylation sites is 1. The molecule has 2 rings (SSSR count). The molecule has 1 unspecified atom stereocenters. The fourth-order valence-corrected chi connectivity index (χ4v) is 3.64. The highest BCUT2D eigenvalue weighted by atomic mass is 79.9. The summed E-state index contributed by atoms with van der Waals surface area (Å²) in [5.74, 6) is 0.946. The van der Waals surface area contributed by atoms with Crippen LogP contribution < -0.4 is 10.1 Å². The second-order valence-corrected chi connectivity index (χ2v) is 6.55. The third-order valence-corrected chi connectivity index (χ3v) is 4.76. The topological polar surface area (TPSA) is 21.3 Å². The van der Waals surface area contributed by atoms with Crippen LogP contribution in [-0.4, -0.2) is 19.2 Å². The van der Waals surface area contributed by atoms with E-state index in [-0.39, 0.29) is 0 Å².